The maximum absolute atomic E-state index is 12.1. The van der Waals surface area contributed by atoms with E-state index in [2.05, 4.69) is 4.98 Å². The van der Waals surface area contributed by atoms with E-state index in [-0.39, 0.29) is 5.78 Å². The Morgan fingerprint density at radius 1 is 0.960 bits per heavy atom. The van der Waals surface area contributed by atoms with Gasteiger partial charge in [-0.2, -0.15) is 0 Å². The summed E-state index contributed by atoms with van der Waals surface area (Å²) < 4.78 is 10.5. The summed E-state index contributed by atoms with van der Waals surface area (Å²) in [4.78, 5) is 15.3. The average Bonchev–Trinajstić information content (AvgIpc) is 3.07. The number of hydrogen-bond donors (Lipinski definition) is 1. The Hall–Kier alpha value is -3.27. The summed E-state index contributed by atoms with van der Waals surface area (Å²) in [6, 6.07) is 13.5. The summed E-state index contributed by atoms with van der Waals surface area (Å²) in [5, 5.41) is 1.09. The number of ether oxygens (including phenoxy) is 2. The quantitative estimate of drug-likeness (QED) is 0.677. The molecule has 0 aliphatic rings. The Kier molecular flexibility index (Phi) is 5.00. The van der Waals surface area contributed by atoms with Crippen molar-refractivity contribution in [3.05, 3.63) is 71.9 Å². The second-order valence-corrected chi connectivity index (χ2v) is 5.47. The van der Waals surface area contributed by atoms with Crippen LogP contribution in [0.4, 0.5) is 0 Å². The molecule has 25 heavy (non-hydrogen) atoms. The molecule has 3 rings (SSSR count). The molecule has 0 atom stereocenters. The van der Waals surface area contributed by atoms with Crippen molar-refractivity contribution in [2.24, 2.45) is 0 Å². The van der Waals surface area contributed by atoms with Gasteiger partial charge < -0.3 is 14.5 Å². The van der Waals surface area contributed by atoms with Crippen LogP contribution in [0.5, 0.6) is 11.5 Å². The van der Waals surface area contributed by atoms with Crippen LogP contribution in [0.3, 0.4) is 0 Å². The lowest BCUT2D eigenvalue weighted by atomic mass is 10.1. The maximum Gasteiger partial charge on any atom is 0.178 e. The molecule has 0 bridgehead atoms. The van der Waals surface area contributed by atoms with E-state index in [0.29, 0.717) is 11.5 Å². The zero-order chi connectivity index (χ0) is 17.6. The lowest BCUT2D eigenvalue weighted by Gasteiger charge is -2.07. The van der Waals surface area contributed by atoms with Gasteiger partial charge in [0.25, 0.3) is 0 Å². The molecule has 0 fully saturated rings. The second-order valence-electron chi connectivity index (χ2n) is 5.47. The molecule has 0 saturated carbocycles. The molecular weight excluding hydrogens is 314 g/mol. The summed E-state index contributed by atoms with van der Waals surface area (Å²) in [5.41, 5.74) is 2.91. The first-order chi connectivity index (χ1) is 12.2. The Labute approximate surface area is 146 Å². The number of para-hydroxylation sites is 1. The third-order valence-electron chi connectivity index (χ3n) is 3.90. The molecule has 4 heteroatoms. The van der Waals surface area contributed by atoms with E-state index >= 15 is 0 Å². The van der Waals surface area contributed by atoms with E-state index in [1.807, 2.05) is 54.7 Å². The van der Waals surface area contributed by atoms with Gasteiger partial charge in [-0.15, -0.1) is 0 Å². The zero-order valence-corrected chi connectivity index (χ0v) is 14.2. The molecule has 0 spiro atoms. The molecular formula is C21H19NO3. The fourth-order valence-corrected chi connectivity index (χ4v) is 2.59. The van der Waals surface area contributed by atoms with E-state index in [1.165, 1.54) is 6.08 Å². The first kappa shape index (κ1) is 16.6. The van der Waals surface area contributed by atoms with Gasteiger partial charge in [0.1, 0.15) is 0 Å². The molecule has 0 aliphatic carbocycles. The Bertz CT molecular complexity index is 951. The van der Waals surface area contributed by atoms with E-state index in [4.69, 9.17) is 9.47 Å². The molecule has 0 unspecified atom stereocenters. The number of ketones is 1. The SMILES string of the molecule is COc1ccc(/C=C/C(=O)/C=C/c2c[nH]c3ccccc23)cc1OC. The number of aromatic nitrogens is 1. The number of nitrogens with one attached hydrogen (secondary N) is 1. The molecule has 0 radical (unpaired) electrons. The summed E-state index contributed by atoms with van der Waals surface area (Å²) in [5.74, 6) is 1.21. The number of H-pyrrole nitrogens is 1. The Morgan fingerprint density at radius 2 is 1.72 bits per heavy atom. The Morgan fingerprint density at radius 3 is 2.52 bits per heavy atom. The highest BCUT2D eigenvalue weighted by atomic mass is 16.5. The molecule has 0 aliphatic heterocycles. The zero-order valence-electron chi connectivity index (χ0n) is 14.2. The van der Waals surface area contributed by atoms with Crippen LogP contribution < -0.4 is 9.47 Å². The van der Waals surface area contributed by atoms with Crippen molar-refractivity contribution < 1.29 is 14.3 Å². The predicted octanol–water partition coefficient (Wildman–Crippen LogP) is 4.48. The van der Waals surface area contributed by atoms with Crippen LogP contribution >= 0.6 is 0 Å². The van der Waals surface area contributed by atoms with Gasteiger partial charge in [-0.05, 0) is 47.6 Å². The first-order valence-electron chi connectivity index (χ1n) is 7.89. The van der Waals surface area contributed by atoms with Crippen LogP contribution in [0.25, 0.3) is 23.1 Å². The van der Waals surface area contributed by atoms with Gasteiger partial charge in [-0.25, -0.2) is 0 Å². The molecule has 1 aromatic heterocycles. The molecule has 4 nitrogen and oxygen atoms in total. The smallest absolute Gasteiger partial charge is 0.178 e. The number of rotatable bonds is 6. The van der Waals surface area contributed by atoms with Gasteiger partial charge in [0, 0.05) is 17.1 Å². The standard InChI is InChI=1S/C21H19NO3/c1-24-20-12-8-15(13-21(20)25-2)7-10-17(23)11-9-16-14-22-19-6-4-3-5-18(16)19/h3-14,22H,1-2H3/b10-7+,11-9+. The molecule has 0 saturated heterocycles. The van der Waals surface area contributed by atoms with Crippen LogP contribution in [0.15, 0.2) is 60.8 Å². The van der Waals surface area contributed by atoms with Gasteiger partial charge in [-0.1, -0.05) is 30.3 Å². The van der Waals surface area contributed by atoms with Crippen molar-refractivity contribution in [1.29, 1.82) is 0 Å². The number of carbonyl (C=O) groups excluding carboxylic acids is 1. The summed E-state index contributed by atoms with van der Waals surface area (Å²) in [6.45, 7) is 0. The number of allylic oxidation sites excluding steroid dienone is 2. The fraction of sp³-hybridized carbons (Fsp3) is 0.0952. The van der Waals surface area contributed by atoms with Crippen LogP contribution in [-0.2, 0) is 4.79 Å². The Balaban J connectivity index is 1.73. The van der Waals surface area contributed by atoms with Gasteiger partial charge >= 0.3 is 0 Å². The average molecular weight is 333 g/mol. The third kappa shape index (κ3) is 3.80. The van der Waals surface area contributed by atoms with Crippen LogP contribution in [0.2, 0.25) is 0 Å². The number of aromatic amines is 1. The number of methoxy groups -OCH3 is 2. The maximum atomic E-state index is 12.1. The van der Waals surface area contributed by atoms with Crippen molar-refractivity contribution in [3.8, 4) is 11.5 Å². The van der Waals surface area contributed by atoms with Crippen molar-refractivity contribution >= 4 is 28.8 Å². The van der Waals surface area contributed by atoms with Crippen LogP contribution in [-0.4, -0.2) is 25.0 Å². The van der Waals surface area contributed by atoms with Crippen LogP contribution in [0, 0.1) is 0 Å². The minimum Gasteiger partial charge on any atom is -0.493 e. The lowest BCUT2D eigenvalue weighted by Crippen LogP contribution is -1.91. The monoisotopic (exact) mass is 333 g/mol. The van der Waals surface area contributed by atoms with E-state index in [0.717, 1.165) is 22.0 Å². The highest BCUT2D eigenvalue weighted by Gasteiger charge is 2.03. The number of fused-ring (bicyclic) bond motifs is 1. The van der Waals surface area contributed by atoms with Crippen molar-refractivity contribution in [1.82, 2.24) is 4.98 Å². The van der Waals surface area contributed by atoms with Gasteiger partial charge in [0.05, 0.1) is 14.2 Å². The number of carbonyl (C=O) groups is 1. The highest BCUT2D eigenvalue weighted by Crippen LogP contribution is 2.28. The van der Waals surface area contributed by atoms with Crippen molar-refractivity contribution in [2.75, 3.05) is 14.2 Å². The normalized spacial score (nSPS) is 11.4. The minimum atomic E-state index is -0.0833. The number of hydrogen-bond acceptors (Lipinski definition) is 3. The summed E-state index contributed by atoms with van der Waals surface area (Å²) in [7, 11) is 3.17. The predicted molar refractivity (Wildman–Crippen MR) is 101 cm³/mol. The van der Waals surface area contributed by atoms with E-state index < -0.39 is 0 Å². The molecule has 2 aromatic carbocycles. The van der Waals surface area contributed by atoms with Gasteiger partial charge in [0.15, 0.2) is 17.3 Å². The topological polar surface area (TPSA) is 51.3 Å². The van der Waals surface area contributed by atoms with Crippen molar-refractivity contribution in [2.45, 2.75) is 0 Å². The molecule has 126 valence electrons. The number of benzene rings is 2. The van der Waals surface area contributed by atoms with E-state index in [9.17, 15) is 4.79 Å². The first-order valence-corrected chi connectivity index (χ1v) is 7.89. The largest absolute Gasteiger partial charge is 0.493 e. The van der Waals surface area contributed by atoms with Crippen molar-refractivity contribution in [3.63, 3.8) is 0 Å². The van der Waals surface area contributed by atoms with Crippen LogP contribution in [0.1, 0.15) is 11.1 Å². The molecule has 1 N–H and O–H groups in total. The molecule has 3 aromatic rings. The van der Waals surface area contributed by atoms with Gasteiger partial charge in [0.2, 0.25) is 0 Å². The highest BCUT2D eigenvalue weighted by molar-refractivity contribution is 6.05. The lowest BCUT2D eigenvalue weighted by molar-refractivity contribution is -0.110. The summed E-state index contributed by atoms with van der Waals surface area (Å²) in [6.07, 6.45) is 8.57. The minimum absolute atomic E-state index is 0.0833. The summed E-state index contributed by atoms with van der Waals surface area (Å²) >= 11 is 0. The fourth-order valence-electron chi connectivity index (χ4n) is 2.59. The van der Waals surface area contributed by atoms with E-state index in [1.54, 1.807) is 26.4 Å². The van der Waals surface area contributed by atoms with Gasteiger partial charge in [-0.3, -0.25) is 4.79 Å². The molecule has 1 heterocycles. The second kappa shape index (κ2) is 7.53. The third-order valence-corrected chi connectivity index (χ3v) is 3.90. The molecule has 0 amide bonds.